The lowest BCUT2D eigenvalue weighted by atomic mass is 10.1. The van der Waals surface area contributed by atoms with Gasteiger partial charge in [-0.1, -0.05) is 34.6 Å². The summed E-state index contributed by atoms with van der Waals surface area (Å²) in [6, 6.07) is 0.226. The van der Waals surface area contributed by atoms with Crippen molar-refractivity contribution in [1.29, 1.82) is 0 Å². The lowest BCUT2D eigenvalue weighted by Crippen LogP contribution is -2.42. The maximum atomic E-state index is 12.2. The van der Waals surface area contributed by atoms with Crippen molar-refractivity contribution in [2.75, 3.05) is 28.4 Å². The van der Waals surface area contributed by atoms with Crippen LogP contribution in [-0.4, -0.2) is 175 Å². The first-order valence-electron chi connectivity index (χ1n) is 27.1. The first-order chi connectivity index (χ1) is 37.1. The summed E-state index contributed by atoms with van der Waals surface area (Å²) in [5, 5.41) is 39.7. The Morgan fingerprint density at radius 3 is 1.24 bits per heavy atom. The third kappa shape index (κ3) is 17.8. The summed E-state index contributed by atoms with van der Waals surface area (Å²) in [5.41, 5.74) is -1.09. The van der Waals surface area contributed by atoms with Crippen LogP contribution < -0.4 is 32.8 Å². The Labute approximate surface area is 465 Å². The van der Waals surface area contributed by atoms with Crippen molar-refractivity contribution in [3.63, 3.8) is 0 Å². The second-order valence-electron chi connectivity index (χ2n) is 20.7. The van der Waals surface area contributed by atoms with E-state index >= 15 is 0 Å². The number of aliphatic hydroxyl groups excluding tert-OH is 4. The molecular formula is C54H96N6O19. The van der Waals surface area contributed by atoms with Gasteiger partial charge in [0.2, 0.25) is 0 Å². The fraction of sp³-hybridized carbons (Fsp3) is 0.778. The van der Waals surface area contributed by atoms with E-state index < -0.39 is 83.8 Å². The highest BCUT2D eigenvalue weighted by Gasteiger charge is 2.51. The number of aliphatic hydroxyl groups is 4. The zero-order valence-electron chi connectivity index (χ0n) is 49.6. The Hall–Kier alpha value is -4.48. The first-order valence-corrected chi connectivity index (χ1v) is 27.1. The fourth-order valence-electron chi connectivity index (χ4n) is 8.32. The number of aryl methyl sites for hydroxylation is 3. The second-order valence-corrected chi connectivity index (χ2v) is 20.7. The van der Waals surface area contributed by atoms with Crippen LogP contribution in [0.15, 0.2) is 42.6 Å². The highest BCUT2D eigenvalue weighted by atomic mass is 16.6. The van der Waals surface area contributed by atoms with Gasteiger partial charge in [-0.3, -0.25) is 38.1 Å². The molecule has 79 heavy (non-hydrogen) atoms. The molecule has 3 saturated heterocycles. The molecule has 25 heteroatoms. The van der Waals surface area contributed by atoms with E-state index in [4.69, 9.17) is 52.5 Å². The third-order valence-corrected chi connectivity index (χ3v) is 14.8. The SMILES string of the molecule is CC[C@H]1O[C@@H](n2cc(C)c(=O)[nH]c2=O)[C@@H](O[C@@H](C)[C@H](C)OC)C1O.CC[C@H]1O[C@@H](n2cc(C)c(=O)[nH]c2=O)[C@@H](O[C@H](C)[C@@H](C)OC)C1O.CC[C@H]1O[C@@H]2[C@H](Oc3nc(=O)c(C)cn32)C1O.CO[C@H](C)C(C)C.CO[C@H](C)[C@@H](C)O.[HH].[HH]. The fourth-order valence-corrected chi connectivity index (χ4v) is 8.32. The van der Waals surface area contributed by atoms with Crippen LogP contribution in [0.25, 0.3) is 0 Å². The predicted molar refractivity (Wildman–Crippen MR) is 296 cm³/mol. The molecule has 25 nitrogen and oxygen atoms in total. The molecule has 3 aromatic rings. The number of H-pyrrole nitrogens is 2. The molecule has 0 amide bonds. The van der Waals surface area contributed by atoms with Gasteiger partial charge in [0.15, 0.2) is 24.8 Å². The molecule has 0 radical (unpaired) electrons. The third-order valence-electron chi connectivity index (χ3n) is 14.8. The van der Waals surface area contributed by atoms with Gasteiger partial charge in [-0.2, -0.15) is 4.98 Å². The average molecular weight is 1130 g/mol. The molecule has 6 N–H and O–H groups in total. The number of nitrogens with one attached hydrogen (secondary N) is 2. The standard InChI is InChI=1S/2C16H26N2O6.C11H14N2O4.C6H14O.C5H12O2.2H2/c2*1-6-11-12(19)13(23-10(4)9(3)22-5)15(24-11)18-7-8(2)14(20)17-16(18)21;1-3-6-7(14)8-10(16-6)13-4-5(2)9(15)12-11(13)17-8;1-5(2)6(3)7-4;1-4(6)5(2)7-3;;/h2*7,9-13,15,19H,6H2,1-5H3,(H,17,20,21);4,6-8,10,14H,3H2,1-2H3;5-6H,1-4H3;4-6H,1-3H3;2*1H/t9-,10-,11+,12?,13-,15+;9-,10-,11-,12?,13+,15-;6-,7?,8-,10-;6-;4-,5-;;/m01111../s1. The molecule has 456 valence electrons. The molecule has 7 heterocycles. The largest absolute Gasteiger partial charge is 0.453 e. The molecule has 4 aliphatic rings. The summed E-state index contributed by atoms with van der Waals surface area (Å²) in [4.78, 5) is 67.2. The number of hydrogen-bond acceptors (Lipinski definition) is 20. The minimum absolute atomic E-state index is 0. The highest BCUT2D eigenvalue weighted by Crippen LogP contribution is 2.40. The Bertz CT molecular complexity index is 2500. The number of rotatable bonds is 17. The van der Waals surface area contributed by atoms with Crippen molar-refractivity contribution in [2.45, 2.75) is 239 Å². The van der Waals surface area contributed by atoms with Gasteiger partial charge in [0.25, 0.3) is 16.7 Å². The predicted octanol–water partition coefficient (Wildman–Crippen LogP) is 3.20. The number of aromatic amines is 2. The topological polar surface area (TPSA) is 318 Å². The quantitative estimate of drug-likeness (QED) is 0.113. The van der Waals surface area contributed by atoms with E-state index in [0.717, 1.165) is 6.42 Å². The molecule has 0 saturated carbocycles. The molecule has 3 unspecified atom stereocenters. The summed E-state index contributed by atoms with van der Waals surface area (Å²) in [6.07, 6.45) is -2.15. The smallest absolute Gasteiger partial charge is 0.330 e. The van der Waals surface area contributed by atoms with Crippen LogP contribution in [-0.2, 0) is 42.6 Å². The lowest BCUT2D eigenvalue weighted by Gasteiger charge is -2.28. The second kappa shape index (κ2) is 31.7. The molecule has 0 aliphatic carbocycles. The van der Waals surface area contributed by atoms with Gasteiger partial charge in [0, 0.05) is 66.6 Å². The van der Waals surface area contributed by atoms with Gasteiger partial charge in [-0.15, -0.1) is 0 Å². The van der Waals surface area contributed by atoms with Crippen molar-refractivity contribution in [1.82, 2.24) is 28.7 Å². The molecule has 0 bridgehead atoms. The van der Waals surface area contributed by atoms with E-state index in [1.54, 1.807) is 66.9 Å². The normalized spacial score (nSPS) is 28.4. The van der Waals surface area contributed by atoms with Crippen LogP contribution >= 0.6 is 0 Å². The van der Waals surface area contributed by atoms with E-state index in [0.29, 0.717) is 41.6 Å². The lowest BCUT2D eigenvalue weighted by molar-refractivity contribution is -0.129. The van der Waals surface area contributed by atoms with E-state index in [9.17, 15) is 39.3 Å². The summed E-state index contributed by atoms with van der Waals surface area (Å²) in [6.45, 7) is 27.9. The van der Waals surface area contributed by atoms with Crippen molar-refractivity contribution >= 4 is 0 Å². The van der Waals surface area contributed by atoms with Crippen molar-refractivity contribution < 1.29 is 70.6 Å². The van der Waals surface area contributed by atoms with Crippen molar-refractivity contribution in [3.8, 4) is 6.01 Å². The maximum Gasteiger partial charge on any atom is 0.330 e. The molecular weight excluding hydrogens is 1040 g/mol. The molecule has 4 aliphatic heterocycles. The van der Waals surface area contributed by atoms with Crippen LogP contribution in [0.5, 0.6) is 6.01 Å². The van der Waals surface area contributed by atoms with E-state index in [2.05, 4.69) is 35.7 Å². The van der Waals surface area contributed by atoms with Gasteiger partial charge < -0.3 is 67.8 Å². The number of nitrogens with zero attached hydrogens (tertiary/aromatic N) is 4. The molecule has 3 aromatic heterocycles. The molecule has 0 aromatic carbocycles. The van der Waals surface area contributed by atoms with Gasteiger partial charge in [0.1, 0.15) is 30.5 Å². The Balaban J connectivity index is 0.000000541. The zero-order chi connectivity index (χ0) is 59.9. The van der Waals surface area contributed by atoms with Crippen LogP contribution in [0, 0.1) is 26.7 Å². The molecule has 7 rings (SSSR count). The van der Waals surface area contributed by atoms with Crippen LogP contribution in [0.1, 0.15) is 141 Å². The minimum atomic E-state index is -0.884. The first kappa shape index (κ1) is 68.8. The van der Waals surface area contributed by atoms with E-state index in [1.807, 2.05) is 55.4 Å². The Kier molecular flexibility index (Phi) is 27.6. The summed E-state index contributed by atoms with van der Waals surface area (Å²) < 4.78 is 59.3. The van der Waals surface area contributed by atoms with E-state index in [1.165, 1.54) is 21.5 Å². The maximum absolute atomic E-state index is 12.2. The number of hydrogen-bond donors (Lipinski definition) is 6. The van der Waals surface area contributed by atoms with Gasteiger partial charge >= 0.3 is 17.4 Å². The van der Waals surface area contributed by atoms with Gasteiger partial charge in [-0.05, 0) is 94.4 Å². The number of ether oxygens (including phenoxy) is 10. The number of fused-ring (bicyclic) bond motifs is 3. The molecule has 3 fully saturated rings. The van der Waals surface area contributed by atoms with E-state index in [-0.39, 0.29) is 63.4 Å². The van der Waals surface area contributed by atoms with Crippen LogP contribution in [0.4, 0.5) is 0 Å². The molecule has 19 atom stereocenters. The van der Waals surface area contributed by atoms with Crippen molar-refractivity contribution in [2.24, 2.45) is 5.92 Å². The van der Waals surface area contributed by atoms with Gasteiger partial charge in [-0.25, -0.2) is 9.59 Å². The number of aromatic nitrogens is 6. The average Bonchev–Trinajstić information content (AvgIpc) is 4.13. The van der Waals surface area contributed by atoms with Gasteiger partial charge in [0.05, 0.1) is 61.0 Å². The Morgan fingerprint density at radius 2 is 0.911 bits per heavy atom. The highest BCUT2D eigenvalue weighted by molar-refractivity contribution is 5.15. The monoisotopic (exact) mass is 1130 g/mol. The summed E-state index contributed by atoms with van der Waals surface area (Å²) >= 11 is 0. The molecule has 0 spiro atoms. The van der Waals surface area contributed by atoms with Crippen LogP contribution in [0.3, 0.4) is 0 Å². The van der Waals surface area contributed by atoms with Crippen LogP contribution in [0.2, 0.25) is 0 Å². The van der Waals surface area contributed by atoms with Crippen molar-refractivity contribution in [3.05, 3.63) is 87.3 Å². The summed E-state index contributed by atoms with van der Waals surface area (Å²) in [7, 11) is 6.48. The summed E-state index contributed by atoms with van der Waals surface area (Å²) in [5.74, 6) is 0.644. The zero-order valence-corrected chi connectivity index (χ0v) is 49.6. The Morgan fingerprint density at radius 1 is 0.544 bits per heavy atom. The minimum Gasteiger partial charge on any atom is -0.453 e. The number of methoxy groups -OCH3 is 4.